The predicted molar refractivity (Wildman–Crippen MR) is 111 cm³/mol. The van der Waals surface area contributed by atoms with E-state index in [1.807, 2.05) is 0 Å². The molecule has 2 amide bonds. The summed E-state index contributed by atoms with van der Waals surface area (Å²) in [6.07, 6.45) is 0.499. The minimum absolute atomic E-state index is 0.0599. The molecule has 1 heterocycles. The van der Waals surface area contributed by atoms with Crippen LogP contribution in [0.5, 0.6) is 0 Å². The quantitative estimate of drug-likeness (QED) is 0.720. The van der Waals surface area contributed by atoms with Gasteiger partial charge in [0.1, 0.15) is 5.54 Å². The Morgan fingerprint density at radius 1 is 1.14 bits per heavy atom. The van der Waals surface area contributed by atoms with Crippen molar-refractivity contribution in [2.75, 3.05) is 12.0 Å². The molecule has 1 aliphatic rings. The molecule has 0 atom stereocenters. The summed E-state index contributed by atoms with van der Waals surface area (Å²) < 4.78 is 5.50. The molecule has 0 saturated carbocycles. The van der Waals surface area contributed by atoms with Crippen molar-refractivity contribution < 1.29 is 19.1 Å². The maximum Gasteiger partial charge on any atom is 0.261 e. The molecular weight excluding hydrogens is 415 g/mol. The average molecular weight is 433 g/mol. The monoisotopic (exact) mass is 432 g/mol. The standard InChI is InChI=1S/C21H18Cl2N2O4/c1-21(2,20(28)24-16-9-14(22)8-15(23)10-16)25-12-29-17(11-26)18(19(25)27)13-6-4-3-5-7-13/h3-11H,12H2,1-2H3,(H,24,28). The number of nitrogens with one attached hydrogen (secondary N) is 1. The predicted octanol–water partition coefficient (Wildman–Crippen LogP) is 4.14. The van der Waals surface area contributed by atoms with Crippen LogP contribution >= 0.6 is 23.2 Å². The Kier molecular flexibility index (Phi) is 5.96. The van der Waals surface area contributed by atoms with Crippen LogP contribution in [0, 0.1) is 0 Å². The summed E-state index contributed by atoms with van der Waals surface area (Å²) in [6.45, 7) is 2.94. The highest BCUT2D eigenvalue weighted by molar-refractivity contribution is 6.35. The SMILES string of the molecule is CC(C)(C(=O)Nc1cc(Cl)cc(Cl)c1)N1COC(C=O)=C(c2ccccc2)C1=O. The Hall–Kier alpha value is -2.83. The summed E-state index contributed by atoms with van der Waals surface area (Å²) in [4.78, 5) is 38.9. The number of allylic oxidation sites excluding steroid dienone is 1. The van der Waals surface area contributed by atoms with Gasteiger partial charge in [0.25, 0.3) is 5.91 Å². The van der Waals surface area contributed by atoms with E-state index < -0.39 is 17.4 Å². The molecule has 0 bridgehead atoms. The van der Waals surface area contributed by atoms with Crippen molar-refractivity contribution in [2.24, 2.45) is 0 Å². The molecule has 0 radical (unpaired) electrons. The molecule has 8 heteroatoms. The van der Waals surface area contributed by atoms with Gasteiger partial charge in [-0.1, -0.05) is 53.5 Å². The van der Waals surface area contributed by atoms with Crippen molar-refractivity contribution in [1.82, 2.24) is 4.90 Å². The number of amides is 2. The lowest BCUT2D eigenvalue weighted by Gasteiger charge is -2.39. The van der Waals surface area contributed by atoms with Crippen LogP contribution in [-0.2, 0) is 19.1 Å². The zero-order chi connectivity index (χ0) is 21.2. The molecule has 29 heavy (non-hydrogen) atoms. The van der Waals surface area contributed by atoms with Gasteiger partial charge < -0.3 is 10.1 Å². The Labute approximate surface area is 178 Å². The molecule has 150 valence electrons. The topological polar surface area (TPSA) is 75.7 Å². The number of carbonyl (C=O) groups excluding carboxylic acids is 3. The van der Waals surface area contributed by atoms with Gasteiger partial charge in [-0.2, -0.15) is 0 Å². The largest absolute Gasteiger partial charge is 0.469 e. The summed E-state index contributed by atoms with van der Waals surface area (Å²) in [7, 11) is 0. The molecule has 3 rings (SSSR count). The number of ether oxygens (including phenoxy) is 1. The lowest BCUT2D eigenvalue weighted by molar-refractivity contribution is -0.147. The van der Waals surface area contributed by atoms with Gasteiger partial charge in [-0.05, 0) is 37.6 Å². The van der Waals surface area contributed by atoms with Crippen LogP contribution in [0.2, 0.25) is 10.0 Å². The van der Waals surface area contributed by atoms with E-state index in [4.69, 9.17) is 27.9 Å². The van der Waals surface area contributed by atoms with E-state index in [1.54, 1.807) is 62.4 Å². The van der Waals surface area contributed by atoms with Crippen LogP contribution in [0.3, 0.4) is 0 Å². The van der Waals surface area contributed by atoms with Crippen molar-refractivity contribution in [3.8, 4) is 0 Å². The van der Waals surface area contributed by atoms with Crippen molar-refractivity contribution >= 4 is 52.6 Å². The van der Waals surface area contributed by atoms with Crippen LogP contribution in [0.4, 0.5) is 5.69 Å². The fourth-order valence-corrected chi connectivity index (χ4v) is 3.44. The Morgan fingerprint density at radius 2 is 1.76 bits per heavy atom. The number of benzene rings is 2. The van der Waals surface area contributed by atoms with E-state index in [0.29, 0.717) is 27.6 Å². The van der Waals surface area contributed by atoms with E-state index in [1.165, 1.54) is 4.90 Å². The van der Waals surface area contributed by atoms with E-state index >= 15 is 0 Å². The summed E-state index contributed by atoms with van der Waals surface area (Å²) in [6, 6.07) is 13.3. The van der Waals surface area contributed by atoms with Crippen molar-refractivity contribution in [1.29, 1.82) is 0 Å². The average Bonchev–Trinajstić information content (AvgIpc) is 2.67. The minimum atomic E-state index is -1.29. The molecule has 2 aromatic carbocycles. The molecule has 0 aliphatic carbocycles. The van der Waals surface area contributed by atoms with Gasteiger partial charge in [0.15, 0.2) is 18.8 Å². The van der Waals surface area contributed by atoms with Gasteiger partial charge in [0, 0.05) is 15.7 Å². The van der Waals surface area contributed by atoms with E-state index in [2.05, 4.69) is 5.32 Å². The van der Waals surface area contributed by atoms with E-state index in [0.717, 1.165) is 0 Å². The summed E-state index contributed by atoms with van der Waals surface area (Å²) in [5, 5.41) is 3.46. The van der Waals surface area contributed by atoms with Crippen LogP contribution in [0.1, 0.15) is 19.4 Å². The first-order valence-corrected chi connectivity index (χ1v) is 9.47. The van der Waals surface area contributed by atoms with Crippen LogP contribution in [0.15, 0.2) is 54.3 Å². The molecule has 1 aliphatic heterocycles. The van der Waals surface area contributed by atoms with Crippen LogP contribution in [0.25, 0.3) is 5.57 Å². The molecule has 0 fully saturated rings. The van der Waals surface area contributed by atoms with E-state index in [-0.39, 0.29) is 18.1 Å². The number of hydrogen-bond donors (Lipinski definition) is 1. The number of anilines is 1. The molecule has 1 N–H and O–H groups in total. The highest BCUT2D eigenvalue weighted by atomic mass is 35.5. The molecule has 0 aromatic heterocycles. The second-order valence-corrected chi connectivity index (χ2v) is 7.77. The Balaban J connectivity index is 1.90. The minimum Gasteiger partial charge on any atom is -0.469 e. The van der Waals surface area contributed by atoms with Crippen molar-refractivity contribution in [2.45, 2.75) is 19.4 Å². The third-order valence-electron chi connectivity index (χ3n) is 4.57. The third kappa shape index (κ3) is 4.28. The van der Waals surface area contributed by atoms with Crippen molar-refractivity contribution in [3.05, 3.63) is 69.9 Å². The van der Waals surface area contributed by atoms with Gasteiger partial charge in [-0.25, -0.2) is 0 Å². The second-order valence-electron chi connectivity index (χ2n) is 6.90. The smallest absolute Gasteiger partial charge is 0.261 e. The lowest BCUT2D eigenvalue weighted by atomic mass is 9.96. The maximum absolute atomic E-state index is 13.2. The van der Waals surface area contributed by atoms with Gasteiger partial charge >= 0.3 is 0 Å². The number of rotatable bonds is 5. The van der Waals surface area contributed by atoms with Gasteiger partial charge in [0.2, 0.25) is 5.91 Å². The van der Waals surface area contributed by atoms with Gasteiger partial charge in [0.05, 0.1) is 5.57 Å². The maximum atomic E-state index is 13.2. The first kappa shape index (κ1) is 20.9. The summed E-state index contributed by atoms with van der Waals surface area (Å²) >= 11 is 12.0. The first-order chi connectivity index (χ1) is 13.7. The lowest BCUT2D eigenvalue weighted by Crippen LogP contribution is -2.57. The molecule has 0 spiro atoms. The Morgan fingerprint density at radius 3 is 2.34 bits per heavy atom. The molecule has 0 saturated heterocycles. The fourth-order valence-electron chi connectivity index (χ4n) is 2.92. The number of aldehydes is 1. The number of carbonyl (C=O) groups is 3. The zero-order valence-electron chi connectivity index (χ0n) is 15.7. The van der Waals surface area contributed by atoms with E-state index in [9.17, 15) is 14.4 Å². The van der Waals surface area contributed by atoms with Crippen LogP contribution < -0.4 is 5.32 Å². The molecule has 6 nitrogen and oxygen atoms in total. The number of hydrogen-bond acceptors (Lipinski definition) is 4. The summed E-state index contributed by atoms with van der Waals surface area (Å²) in [5.74, 6) is -1.00. The zero-order valence-corrected chi connectivity index (χ0v) is 17.3. The van der Waals surface area contributed by atoms with Gasteiger partial charge in [-0.3, -0.25) is 19.3 Å². The van der Waals surface area contributed by atoms with Crippen LogP contribution in [-0.4, -0.2) is 35.3 Å². The van der Waals surface area contributed by atoms with Gasteiger partial charge in [-0.15, -0.1) is 0 Å². The molecular formula is C21H18Cl2N2O4. The highest BCUT2D eigenvalue weighted by Crippen LogP contribution is 2.31. The van der Waals surface area contributed by atoms with Crippen molar-refractivity contribution in [3.63, 3.8) is 0 Å². The fraction of sp³-hybridized carbons (Fsp3) is 0.190. The second kappa shape index (κ2) is 8.27. The summed E-state index contributed by atoms with van der Waals surface area (Å²) in [5.41, 5.74) is -0.251. The highest BCUT2D eigenvalue weighted by Gasteiger charge is 2.42. The normalized spacial score (nSPS) is 14.5. The molecule has 0 unspecified atom stereocenters. The Bertz CT molecular complexity index is 983. The first-order valence-electron chi connectivity index (χ1n) is 8.71. The number of halogens is 2. The number of nitrogens with zero attached hydrogens (tertiary/aromatic N) is 1. The molecule has 2 aromatic rings. The third-order valence-corrected chi connectivity index (χ3v) is 5.01.